The fraction of sp³-hybridized carbons (Fsp3) is 0.240. The third kappa shape index (κ3) is 31.4. The van der Waals surface area contributed by atoms with E-state index in [1.165, 1.54) is 32.5 Å². The Hall–Kier alpha value is -12.3. The zero-order valence-corrected chi connectivity index (χ0v) is 65.0. The lowest BCUT2D eigenvalue weighted by molar-refractivity contribution is -0.153. The summed E-state index contributed by atoms with van der Waals surface area (Å²) in [5, 5.41) is 38.8. The second-order valence-electron chi connectivity index (χ2n) is 22.5. The molecule has 0 radical (unpaired) electrons. The third-order valence-electron chi connectivity index (χ3n) is 14.3. The highest BCUT2D eigenvalue weighted by Crippen LogP contribution is 2.29. The predicted molar refractivity (Wildman–Crippen MR) is 418 cm³/mol. The number of fused-ring (bicyclic) bond motifs is 2. The van der Waals surface area contributed by atoms with Crippen LogP contribution in [-0.4, -0.2) is 176 Å². The van der Waals surface area contributed by atoms with Gasteiger partial charge in [0.15, 0.2) is 23.1 Å². The highest BCUT2D eigenvalue weighted by atomic mass is 35.5. The average molecular weight is 1630 g/mol. The molecule has 10 aromatic rings. The number of aromatic nitrogens is 8. The molecular formula is C75H79Cl2N15O17S3. The molecule has 12 rings (SSSR count). The van der Waals surface area contributed by atoms with Crippen molar-refractivity contribution in [2.75, 3.05) is 63.5 Å². The van der Waals surface area contributed by atoms with Gasteiger partial charge in [0.2, 0.25) is 32.7 Å². The molecule has 0 saturated heterocycles. The number of anilines is 2. The lowest BCUT2D eigenvalue weighted by Crippen LogP contribution is -2.49. The molecule has 8 N–H and O–H groups in total. The van der Waals surface area contributed by atoms with E-state index in [4.69, 9.17) is 42.5 Å². The molecule has 7 heterocycles. The number of pyridine rings is 2. The van der Waals surface area contributed by atoms with Gasteiger partial charge in [-0.15, -0.1) is 43.0 Å². The summed E-state index contributed by atoms with van der Waals surface area (Å²) in [6.07, 6.45) is 5.64. The molecule has 32 nitrogen and oxygen atoms in total. The topological polar surface area (TPSA) is 452 Å². The number of likely N-dealkylation sites (N-methyl/N-ethyl adjacent to an activating group) is 2. The Morgan fingerprint density at radius 2 is 0.911 bits per heavy atom. The molecular weight excluding hydrogens is 1550 g/mol. The van der Waals surface area contributed by atoms with Crippen LogP contribution in [0.4, 0.5) is 11.6 Å². The van der Waals surface area contributed by atoms with Crippen LogP contribution in [0.25, 0.3) is 0 Å². The van der Waals surface area contributed by atoms with E-state index in [0.717, 1.165) is 54.2 Å². The summed E-state index contributed by atoms with van der Waals surface area (Å²) in [7, 11) is 3.24. The molecule has 2 aliphatic heterocycles. The van der Waals surface area contributed by atoms with Gasteiger partial charge in [-0.05, 0) is 84.5 Å². The van der Waals surface area contributed by atoms with Crippen LogP contribution in [0.3, 0.4) is 0 Å². The van der Waals surface area contributed by atoms with Crippen molar-refractivity contribution >= 4 is 134 Å². The van der Waals surface area contributed by atoms with E-state index in [9.17, 15) is 52.7 Å². The zero-order valence-electron chi connectivity index (χ0n) is 60.9. The number of hydrogen-bond acceptors (Lipinski definition) is 29. The molecule has 0 unspecified atom stereocenters. The molecule has 588 valence electrons. The van der Waals surface area contributed by atoms with Gasteiger partial charge in [-0.2, -0.15) is 0 Å². The van der Waals surface area contributed by atoms with Crippen molar-refractivity contribution < 1.29 is 81.5 Å². The number of nitrogens with one attached hydrogen (secondary N) is 3. The van der Waals surface area contributed by atoms with E-state index in [1.807, 2.05) is 152 Å². The molecule has 5 aromatic heterocycles. The molecule has 0 bridgehead atoms. The standard InChI is InChI=1S/C19H17N5O3S.C13H15NO4.C12H12N2O2S.C10H8N2O2S.C9H11N3O2.C8H10N2O.C4H5ClO3.ClH/c1-24-16-14(8-5-9-20-16)27-11-13(19(24)26)21-17(25)18-23-22-15(28-18)10-12-6-3-2-4-7-12;1-2-18-13(17)11(15)9-14-12(16)8-10-6-4-3-5-7-10;1-2-16-12(15)11-14-13-10(17-11)8-9-6-4-3-5-7-9;13-10(14)9-12-11-8(15-9)6-7-4-2-1-3-5-7;1-12-8-7(3-2-4-11-8)14-5-6(10)9(12)13;9-10-8(11)6-7-4-2-1-3-5-7;1-2-8-4(7)3(5)6;/h2-9,13H,10-11H2,1H3,(H,21,25);3-7H,2,8-9H2,1H3,(H,14,16);3-7H,2,8H2,1H3;1-5H,6H2,(H,13,14);2-4,6H,5,10H2,1H3;1-5H,6,9H2,(H,10,11);2H2,1H3;1H/t13-;;;;6-;;;/m0...0.../s1. The van der Waals surface area contributed by atoms with Gasteiger partial charge in [-0.25, -0.2) is 35.0 Å². The van der Waals surface area contributed by atoms with Crippen molar-refractivity contribution in [2.45, 2.75) is 65.0 Å². The van der Waals surface area contributed by atoms with Gasteiger partial charge in [0.05, 0.1) is 39.2 Å². The van der Waals surface area contributed by atoms with Gasteiger partial charge in [-0.1, -0.05) is 186 Å². The first-order chi connectivity index (χ1) is 53.5. The van der Waals surface area contributed by atoms with Gasteiger partial charge >= 0.3 is 29.1 Å². The molecule has 2 aliphatic rings. The van der Waals surface area contributed by atoms with Crippen molar-refractivity contribution in [2.24, 2.45) is 11.6 Å². The predicted octanol–water partition coefficient (Wildman–Crippen LogP) is 7.01. The van der Waals surface area contributed by atoms with Gasteiger partial charge in [-0.3, -0.25) is 48.8 Å². The number of aromatic carboxylic acids is 1. The Morgan fingerprint density at radius 1 is 0.518 bits per heavy atom. The van der Waals surface area contributed by atoms with E-state index >= 15 is 0 Å². The van der Waals surface area contributed by atoms with Crippen LogP contribution in [0.5, 0.6) is 11.5 Å². The van der Waals surface area contributed by atoms with Crippen LogP contribution in [0.2, 0.25) is 0 Å². The number of ether oxygens (including phenoxy) is 5. The number of hydrogen-bond donors (Lipinski definition) is 6. The van der Waals surface area contributed by atoms with Crippen LogP contribution in [0.15, 0.2) is 188 Å². The average Bonchev–Trinajstić information content (AvgIpc) is 1.68. The Labute approximate surface area is 666 Å². The van der Waals surface area contributed by atoms with Crippen molar-refractivity contribution in [1.82, 2.24) is 56.6 Å². The minimum atomic E-state index is -1.08. The van der Waals surface area contributed by atoms with E-state index in [2.05, 4.69) is 66.1 Å². The first-order valence-corrected chi connectivity index (χ1v) is 36.5. The fourth-order valence-electron chi connectivity index (χ4n) is 9.07. The Bertz CT molecular complexity index is 4670. The maximum atomic E-state index is 12.7. The number of nitrogens with zero attached hydrogens (tertiary/aromatic N) is 10. The van der Waals surface area contributed by atoms with Gasteiger partial charge in [0, 0.05) is 45.8 Å². The van der Waals surface area contributed by atoms with Crippen LogP contribution < -0.4 is 46.9 Å². The molecule has 112 heavy (non-hydrogen) atoms. The monoisotopic (exact) mass is 1630 g/mol. The number of nitrogens with two attached hydrogens (primary N) is 2. The van der Waals surface area contributed by atoms with Crippen molar-refractivity contribution in [3.8, 4) is 11.5 Å². The first-order valence-electron chi connectivity index (χ1n) is 33.7. The number of halogens is 2. The Morgan fingerprint density at radius 3 is 1.33 bits per heavy atom. The number of amides is 5. The van der Waals surface area contributed by atoms with Crippen LogP contribution >= 0.6 is 58.0 Å². The molecule has 2 atom stereocenters. The van der Waals surface area contributed by atoms with Crippen molar-refractivity contribution in [3.63, 3.8) is 0 Å². The number of hydrazine groups is 1. The smallest absolute Gasteiger partial charge is 0.391 e. The van der Waals surface area contributed by atoms with Crippen molar-refractivity contribution in [1.29, 1.82) is 0 Å². The van der Waals surface area contributed by atoms with Gasteiger partial charge in [0.1, 0.15) is 40.3 Å². The van der Waals surface area contributed by atoms with E-state index < -0.39 is 52.9 Å². The minimum Gasteiger partial charge on any atom is -0.488 e. The number of carboxylic acids is 1. The fourth-order valence-corrected chi connectivity index (χ4v) is 11.4. The number of carbonyl (C=O) groups is 11. The number of carbonyl (C=O) groups excluding carboxylic acids is 10. The summed E-state index contributed by atoms with van der Waals surface area (Å²) in [5.74, 6) is 1.46. The number of benzene rings is 5. The lowest BCUT2D eigenvalue weighted by atomic mass is 10.1. The molecule has 0 aliphatic carbocycles. The van der Waals surface area contributed by atoms with Crippen LogP contribution in [0, 0.1) is 0 Å². The maximum Gasteiger partial charge on any atom is 0.391 e. The summed E-state index contributed by atoms with van der Waals surface area (Å²) < 4.78 is 24.6. The number of esters is 3. The quantitative estimate of drug-likeness (QED) is 0.00801. The highest BCUT2D eigenvalue weighted by Gasteiger charge is 2.33. The molecule has 5 amide bonds. The molecule has 5 aromatic carbocycles. The summed E-state index contributed by atoms with van der Waals surface area (Å²) >= 11 is 8.29. The first kappa shape index (κ1) is 90.4. The Balaban J connectivity index is 0.000000241. The highest BCUT2D eigenvalue weighted by molar-refractivity contribution is 7.13. The van der Waals surface area contributed by atoms with Crippen LogP contribution in [-0.2, 0) is 84.7 Å². The summed E-state index contributed by atoms with van der Waals surface area (Å²) in [5.41, 5.74) is 12.8. The van der Waals surface area contributed by atoms with Crippen LogP contribution in [0.1, 0.15) is 93.0 Å². The largest absolute Gasteiger partial charge is 0.488 e. The second-order valence-corrected chi connectivity index (χ2v) is 26.1. The SMILES string of the molecule is CCOC(=O)C(=O)CNC(=O)Cc1ccccc1.CCOC(=O)C(=O)Cl.CCOC(=O)c1nnc(Cc2ccccc2)s1.CN1C(=O)[C@@H](N)COc2cccnc21.CN1C(=O)[C@@H](NC(=O)c2nnc(Cc3ccccc3)s2)COc2cccnc21.Cl.NNC(=O)Cc1ccccc1.O=C(O)c1nnc(Cc2ccccc2)s1. The molecule has 0 spiro atoms. The zero-order chi connectivity index (χ0) is 80.5. The summed E-state index contributed by atoms with van der Waals surface area (Å²) in [6.45, 7) is 5.53. The summed E-state index contributed by atoms with van der Waals surface area (Å²) in [4.78, 5) is 134. The number of Topliss-reactive ketones (excluding diaryl/α,β-unsaturated/α-hetero) is 1. The van der Waals surface area contributed by atoms with E-state index in [1.54, 1.807) is 71.5 Å². The lowest BCUT2D eigenvalue weighted by Gasteiger charge is -2.18. The number of carboxylic acid groups (broad SMARTS) is 1. The van der Waals surface area contributed by atoms with Gasteiger partial charge in [0.25, 0.3) is 17.6 Å². The second kappa shape index (κ2) is 49.0. The van der Waals surface area contributed by atoms with E-state index in [-0.39, 0.29) is 85.4 Å². The molecule has 0 fully saturated rings. The minimum absolute atomic E-state index is 0. The number of rotatable bonds is 21. The Kier molecular flexibility index (Phi) is 39.5. The maximum absolute atomic E-state index is 12.7. The summed E-state index contributed by atoms with van der Waals surface area (Å²) in [6, 6.07) is 53.7. The third-order valence-corrected chi connectivity index (χ3v) is 17.2. The molecule has 0 saturated carbocycles. The normalized spacial score (nSPS) is 12.6. The van der Waals surface area contributed by atoms with Crippen molar-refractivity contribution in [3.05, 3.63) is 246 Å². The van der Waals surface area contributed by atoms with Gasteiger partial charge < -0.3 is 45.2 Å². The van der Waals surface area contributed by atoms with E-state index in [0.29, 0.717) is 60.4 Å². The number of ketones is 1. The molecule has 37 heteroatoms.